The summed E-state index contributed by atoms with van der Waals surface area (Å²) in [5.41, 5.74) is 1.28. The quantitative estimate of drug-likeness (QED) is 0.910. The van der Waals surface area contributed by atoms with Crippen molar-refractivity contribution in [3.8, 4) is 9.88 Å². The van der Waals surface area contributed by atoms with Crippen LogP contribution in [0.2, 0.25) is 0 Å². The summed E-state index contributed by atoms with van der Waals surface area (Å²) >= 11 is 3.40. The zero-order valence-corrected chi connectivity index (χ0v) is 11.3. The van der Waals surface area contributed by atoms with Gasteiger partial charge in [0.15, 0.2) is 5.01 Å². The van der Waals surface area contributed by atoms with Crippen LogP contribution in [0.3, 0.4) is 0 Å². The van der Waals surface area contributed by atoms with Gasteiger partial charge in [-0.15, -0.1) is 21.5 Å². The first-order valence-corrected chi connectivity index (χ1v) is 6.96. The van der Waals surface area contributed by atoms with E-state index in [1.807, 2.05) is 0 Å². The number of aromatic nitrogens is 2. The van der Waals surface area contributed by atoms with E-state index in [1.54, 1.807) is 22.7 Å². The fourth-order valence-corrected chi connectivity index (χ4v) is 3.17. The maximum Gasteiger partial charge on any atom is 0.158 e. The molecule has 0 unspecified atom stereocenters. The smallest absolute Gasteiger partial charge is 0.158 e. The summed E-state index contributed by atoms with van der Waals surface area (Å²) in [6.45, 7) is 7.18. The maximum atomic E-state index is 4.24. The summed E-state index contributed by atoms with van der Waals surface area (Å²) in [7, 11) is 0. The highest BCUT2D eigenvalue weighted by Gasteiger charge is 2.10. The third-order valence-electron chi connectivity index (χ3n) is 2.18. The second kappa shape index (κ2) is 5.03. The predicted octanol–water partition coefficient (Wildman–Crippen LogP) is 3.07. The first kappa shape index (κ1) is 11.7. The van der Waals surface area contributed by atoms with Crippen molar-refractivity contribution >= 4 is 22.7 Å². The van der Waals surface area contributed by atoms with E-state index in [2.05, 4.69) is 47.7 Å². The molecule has 0 spiro atoms. The highest BCUT2D eigenvalue weighted by Crippen LogP contribution is 2.31. The van der Waals surface area contributed by atoms with Crippen molar-refractivity contribution < 1.29 is 0 Å². The van der Waals surface area contributed by atoms with E-state index in [-0.39, 0.29) is 0 Å². The molecule has 0 saturated heterocycles. The van der Waals surface area contributed by atoms with E-state index in [0.29, 0.717) is 6.04 Å². The molecular formula is C11H15N3S2. The van der Waals surface area contributed by atoms with Crippen molar-refractivity contribution in [2.75, 3.05) is 0 Å². The molecule has 0 amide bonds. The summed E-state index contributed by atoms with van der Waals surface area (Å²) in [4.78, 5) is 1.24. The topological polar surface area (TPSA) is 37.8 Å². The van der Waals surface area contributed by atoms with Crippen molar-refractivity contribution in [2.45, 2.75) is 33.4 Å². The van der Waals surface area contributed by atoms with Gasteiger partial charge in [-0.3, -0.25) is 0 Å². The Morgan fingerprint density at radius 1 is 1.38 bits per heavy atom. The molecule has 0 aromatic carbocycles. The number of nitrogens with one attached hydrogen (secondary N) is 1. The Labute approximate surface area is 104 Å². The van der Waals surface area contributed by atoms with Gasteiger partial charge in [-0.1, -0.05) is 25.2 Å². The lowest BCUT2D eigenvalue weighted by Gasteiger charge is -2.03. The van der Waals surface area contributed by atoms with Crippen LogP contribution in [0.25, 0.3) is 9.88 Å². The fourth-order valence-electron chi connectivity index (χ4n) is 1.30. The minimum Gasteiger partial charge on any atom is -0.308 e. The van der Waals surface area contributed by atoms with Gasteiger partial charge in [0.25, 0.3) is 0 Å². The van der Waals surface area contributed by atoms with Crippen LogP contribution < -0.4 is 5.32 Å². The molecule has 2 aromatic heterocycles. The highest BCUT2D eigenvalue weighted by molar-refractivity contribution is 7.20. The van der Waals surface area contributed by atoms with Crippen LogP contribution in [0.15, 0.2) is 11.4 Å². The predicted molar refractivity (Wildman–Crippen MR) is 69.9 cm³/mol. The Bertz CT molecular complexity index is 459. The number of hydrogen-bond donors (Lipinski definition) is 1. The van der Waals surface area contributed by atoms with Gasteiger partial charge in [0.2, 0.25) is 0 Å². The normalized spacial score (nSPS) is 11.2. The maximum absolute atomic E-state index is 4.24. The Hall–Kier alpha value is -0.780. The van der Waals surface area contributed by atoms with E-state index in [4.69, 9.17) is 0 Å². The lowest BCUT2D eigenvalue weighted by atomic mass is 10.3. The number of rotatable bonds is 4. The van der Waals surface area contributed by atoms with E-state index in [9.17, 15) is 0 Å². The van der Waals surface area contributed by atoms with Crippen molar-refractivity contribution in [1.29, 1.82) is 0 Å². The summed E-state index contributed by atoms with van der Waals surface area (Å²) in [5, 5.41) is 16.0. The molecule has 5 heteroatoms. The molecule has 86 valence electrons. The van der Waals surface area contributed by atoms with Crippen molar-refractivity contribution in [3.63, 3.8) is 0 Å². The molecule has 0 aliphatic rings. The molecule has 2 rings (SSSR count). The van der Waals surface area contributed by atoms with Crippen LogP contribution in [0.1, 0.15) is 24.4 Å². The minimum absolute atomic E-state index is 0.482. The van der Waals surface area contributed by atoms with Crippen LogP contribution in [-0.2, 0) is 6.54 Å². The Morgan fingerprint density at radius 3 is 2.81 bits per heavy atom. The molecule has 0 fully saturated rings. The standard InChI is InChI=1S/C11H15N3S2/c1-7(2)12-6-9-13-14-11(16-9)10-8(3)4-5-15-10/h4-5,7,12H,6H2,1-3H3. The minimum atomic E-state index is 0.482. The van der Waals surface area contributed by atoms with Gasteiger partial charge in [0.05, 0.1) is 4.88 Å². The number of thiophene rings is 1. The Morgan fingerprint density at radius 2 is 2.19 bits per heavy atom. The molecule has 16 heavy (non-hydrogen) atoms. The van der Waals surface area contributed by atoms with Crippen LogP contribution >= 0.6 is 22.7 Å². The summed E-state index contributed by atoms with van der Waals surface area (Å²) in [6.07, 6.45) is 0. The molecule has 2 aromatic rings. The molecule has 3 nitrogen and oxygen atoms in total. The molecule has 0 saturated carbocycles. The van der Waals surface area contributed by atoms with Crippen LogP contribution in [0.4, 0.5) is 0 Å². The second-order valence-electron chi connectivity index (χ2n) is 3.97. The highest BCUT2D eigenvalue weighted by atomic mass is 32.1. The largest absolute Gasteiger partial charge is 0.308 e. The van der Waals surface area contributed by atoms with Crippen molar-refractivity contribution in [3.05, 3.63) is 22.0 Å². The van der Waals surface area contributed by atoms with Gasteiger partial charge >= 0.3 is 0 Å². The average molecular weight is 253 g/mol. The first-order chi connectivity index (χ1) is 7.66. The van der Waals surface area contributed by atoms with Crippen molar-refractivity contribution in [2.24, 2.45) is 0 Å². The van der Waals surface area contributed by atoms with E-state index in [0.717, 1.165) is 16.6 Å². The van der Waals surface area contributed by atoms with Gasteiger partial charge in [0.1, 0.15) is 5.01 Å². The molecule has 2 heterocycles. The zero-order valence-electron chi connectivity index (χ0n) is 9.65. The molecule has 0 bridgehead atoms. The lowest BCUT2D eigenvalue weighted by molar-refractivity contribution is 0.585. The number of nitrogens with zero attached hydrogens (tertiary/aromatic N) is 2. The van der Waals surface area contributed by atoms with E-state index >= 15 is 0 Å². The monoisotopic (exact) mass is 253 g/mol. The van der Waals surface area contributed by atoms with Gasteiger partial charge in [-0.2, -0.15) is 0 Å². The molecular weight excluding hydrogens is 238 g/mol. The zero-order chi connectivity index (χ0) is 11.5. The lowest BCUT2D eigenvalue weighted by Crippen LogP contribution is -2.21. The van der Waals surface area contributed by atoms with E-state index in [1.165, 1.54) is 10.4 Å². The van der Waals surface area contributed by atoms with E-state index < -0.39 is 0 Å². The second-order valence-corrected chi connectivity index (χ2v) is 5.95. The average Bonchev–Trinajstić information content (AvgIpc) is 2.83. The SMILES string of the molecule is Cc1ccsc1-c1nnc(CNC(C)C)s1. The summed E-state index contributed by atoms with van der Waals surface area (Å²) in [6, 6.07) is 2.60. The Balaban J connectivity index is 2.11. The van der Waals surface area contributed by atoms with Crippen LogP contribution in [-0.4, -0.2) is 16.2 Å². The van der Waals surface area contributed by atoms with Gasteiger partial charge in [-0.25, -0.2) is 0 Å². The summed E-state index contributed by atoms with van der Waals surface area (Å²) < 4.78 is 0. The third-order valence-corrected chi connectivity index (χ3v) is 4.28. The Kier molecular flexibility index (Phi) is 3.68. The molecule has 0 aliphatic heterocycles. The molecule has 1 N–H and O–H groups in total. The number of hydrogen-bond acceptors (Lipinski definition) is 5. The molecule has 0 atom stereocenters. The van der Waals surface area contributed by atoms with Crippen molar-refractivity contribution in [1.82, 2.24) is 15.5 Å². The number of aryl methyl sites for hydroxylation is 1. The van der Waals surface area contributed by atoms with Gasteiger partial charge < -0.3 is 5.32 Å². The summed E-state index contributed by atoms with van der Waals surface area (Å²) in [5.74, 6) is 0. The molecule has 0 aliphatic carbocycles. The fraction of sp³-hybridized carbons (Fsp3) is 0.455. The first-order valence-electron chi connectivity index (χ1n) is 5.27. The van der Waals surface area contributed by atoms with Gasteiger partial charge in [0, 0.05) is 12.6 Å². The van der Waals surface area contributed by atoms with Gasteiger partial charge in [-0.05, 0) is 23.9 Å². The molecule has 0 radical (unpaired) electrons. The third kappa shape index (κ3) is 2.66. The van der Waals surface area contributed by atoms with Crippen LogP contribution in [0, 0.1) is 6.92 Å². The van der Waals surface area contributed by atoms with Crippen LogP contribution in [0.5, 0.6) is 0 Å².